The van der Waals surface area contributed by atoms with Gasteiger partial charge >= 0.3 is 0 Å². The summed E-state index contributed by atoms with van der Waals surface area (Å²) < 4.78 is 26.9. The van der Waals surface area contributed by atoms with E-state index in [0.717, 1.165) is 35.1 Å². The van der Waals surface area contributed by atoms with Crippen molar-refractivity contribution in [2.45, 2.75) is 63.8 Å². The Kier molecular flexibility index (Phi) is 5.45. The van der Waals surface area contributed by atoms with Crippen LogP contribution in [-0.4, -0.2) is 31.2 Å². The molecule has 1 atom stereocenters. The topological polar surface area (TPSA) is 59.4 Å². The number of alkyl halides is 2. The zero-order chi connectivity index (χ0) is 18.6. The number of aromatic nitrogens is 5. The maximum atomic E-state index is 12.4. The Morgan fingerprint density at radius 3 is 2.78 bits per heavy atom. The second-order valence-electron chi connectivity index (χ2n) is 7.46. The van der Waals surface area contributed by atoms with Gasteiger partial charge in [0, 0.05) is 29.8 Å². The Morgan fingerprint density at radius 1 is 1.15 bits per heavy atom. The second-order valence-corrected chi connectivity index (χ2v) is 7.46. The van der Waals surface area contributed by atoms with Crippen LogP contribution in [0.3, 0.4) is 0 Å². The minimum absolute atomic E-state index is 0.00580. The molecule has 4 rings (SSSR count). The SMILES string of the molecule is FC(F)CCCCC(C1CCCC1)n1cc(-c2ncnc3[nH]ccc23)cn1. The molecular formula is C20H25F2N5. The number of hydrogen-bond donors (Lipinski definition) is 1. The minimum atomic E-state index is -2.20. The third-order valence-corrected chi connectivity index (χ3v) is 5.68. The monoisotopic (exact) mass is 373 g/mol. The Morgan fingerprint density at radius 2 is 1.96 bits per heavy atom. The zero-order valence-corrected chi connectivity index (χ0v) is 15.3. The van der Waals surface area contributed by atoms with Gasteiger partial charge < -0.3 is 4.98 Å². The average molecular weight is 373 g/mol. The molecule has 1 fully saturated rings. The summed E-state index contributed by atoms with van der Waals surface area (Å²) in [4.78, 5) is 11.8. The van der Waals surface area contributed by atoms with E-state index in [1.807, 2.05) is 23.1 Å². The summed E-state index contributed by atoms with van der Waals surface area (Å²) in [6, 6.07) is 2.25. The van der Waals surface area contributed by atoms with E-state index in [9.17, 15) is 8.78 Å². The fourth-order valence-electron chi connectivity index (χ4n) is 4.32. The van der Waals surface area contributed by atoms with Crippen molar-refractivity contribution in [3.8, 4) is 11.3 Å². The van der Waals surface area contributed by atoms with Crippen molar-refractivity contribution in [3.05, 3.63) is 31.0 Å². The van der Waals surface area contributed by atoms with Gasteiger partial charge in [-0.2, -0.15) is 5.10 Å². The first-order chi connectivity index (χ1) is 13.2. The highest BCUT2D eigenvalue weighted by atomic mass is 19.3. The minimum Gasteiger partial charge on any atom is -0.346 e. The molecule has 3 aromatic rings. The van der Waals surface area contributed by atoms with E-state index in [1.165, 1.54) is 25.7 Å². The van der Waals surface area contributed by atoms with Gasteiger partial charge in [0.1, 0.15) is 12.0 Å². The largest absolute Gasteiger partial charge is 0.346 e. The van der Waals surface area contributed by atoms with E-state index in [1.54, 1.807) is 6.33 Å². The third kappa shape index (κ3) is 4.01. The summed E-state index contributed by atoms with van der Waals surface area (Å²) in [5.41, 5.74) is 2.65. The first-order valence-corrected chi connectivity index (χ1v) is 9.83. The van der Waals surface area contributed by atoms with Gasteiger partial charge in [-0.25, -0.2) is 18.7 Å². The highest BCUT2D eigenvalue weighted by Crippen LogP contribution is 2.38. The Balaban J connectivity index is 1.55. The van der Waals surface area contributed by atoms with E-state index in [0.29, 0.717) is 12.3 Å². The van der Waals surface area contributed by atoms with E-state index >= 15 is 0 Å². The molecule has 1 unspecified atom stereocenters. The highest BCUT2D eigenvalue weighted by Gasteiger charge is 2.27. The molecule has 0 aliphatic heterocycles. The molecule has 1 aliphatic carbocycles. The van der Waals surface area contributed by atoms with Crippen molar-refractivity contribution in [2.24, 2.45) is 5.92 Å². The molecule has 5 nitrogen and oxygen atoms in total. The number of unbranched alkanes of at least 4 members (excludes halogenated alkanes) is 1. The van der Waals surface area contributed by atoms with Crippen LogP contribution in [0.25, 0.3) is 22.3 Å². The zero-order valence-electron chi connectivity index (χ0n) is 15.3. The predicted octanol–water partition coefficient (Wildman–Crippen LogP) is 5.38. The van der Waals surface area contributed by atoms with Gasteiger partial charge in [0.15, 0.2) is 0 Å². The lowest BCUT2D eigenvalue weighted by Crippen LogP contribution is -2.18. The van der Waals surface area contributed by atoms with Crippen LogP contribution in [0.2, 0.25) is 0 Å². The number of nitrogens with one attached hydrogen (secondary N) is 1. The summed E-state index contributed by atoms with van der Waals surface area (Å²) in [5.74, 6) is 0.585. The fraction of sp³-hybridized carbons (Fsp3) is 0.550. The number of nitrogens with zero attached hydrogens (tertiary/aromatic N) is 4. The van der Waals surface area contributed by atoms with Crippen LogP contribution >= 0.6 is 0 Å². The van der Waals surface area contributed by atoms with E-state index < -0.39 is 6.43 Å². The Hall–Kier alpha value is -2.31. The standard InChI is InChI=1S/C20H25F2N5/c21-18(22)8-4-3-7-17(14-5-1-2-6-14)27-12-15(11-26-27)19-16-9-10-23-20(16)25-13-24-19/h9-14,17-18H,1-8H2,(H,23,24,25). The molecule has 3 heterocycles. The van der Waals surface area contributed by atoms with Gasteiger partial charge in [0.25, 0.3) is 0 Å². The maximum Gasteiger partial charge on any atom is 0.238 e. The van der Waals surface area contributed by atoms with Crippen LogP contribution in [0.5, 0.6) is 0 Å². The summed E-state index contributed by atoms with van der Waals surface area (Å²) in [5, 5.41) is 5.62. The van der Waals surface area contributed by atoms with Gasteiger partial charge in [-0.15, -0.1) is 0 Å². The smallest absolute Gasteiger partial charge is 0.238 e. The lowest BCUT2D eigenvalue weighted by molar-refractivity contribution is 0.132. The van der Waals surface area contributed by atoms with E-state index in [-0.39, 0.29) is 12.5 Å². The van der Waals surface area contributed by atoms with Crippen molar-refractivity contribution in [1.82, 2.24) is 24.7 Å². The lowest BCUT2D eigenvalue weighted by Gasteiger charge is -2.24. The number of hydrogen-bond acceptors (Lipinski definition) is 3. The Bertz CT molecular complexity index is 866. The molecular weight excluding hydrogens is 348 g/mol. The van der Waals surface area contributed by atoms with Crippen molar-refractivity contribution < 1.29 is 8.78 Å². The van der Waals surface area contributed by atoms with Crippen LogP contribution in [0.1, 0.15) is 57.4 Å². The van der Waals surface area contributed by atoms with Crippen molar-refractivity contribution in [1.29, 1.82) is 0 Å². The number of rotatable bonds is 8. The van der Waals surface area contributed by atoms with Crippen molar-refractivity contribution in [2.75, 3.05) is 0 Å². The predicted molar refractivity (Wildman–Crippen MR) is 101 cm³/mol. The maximum absolute atomic E-state index is 12.4. The van der Waals surface area contributed by atoms with Crippen LogP contribution < -0.4 is 0 Å². The second kappa shape index (κ2) is 8.15. The molecule has 7 heteroatoms. The van der Waals surface area contributed by atoms with Crippen molar-refractivity contribution >= 4 is 11.0 Å². The molecule has 0 aromatic carbocycles. The summed E-state index contributed by atoms with van der Waals surface area (Å²) in [7, 11) is 0. The van der Waals surface area contributed by atoms with Crippen LogP contribution in [0, 0.1) is 5.92 Å². The van der Waals surface area contributed by atoms with Gasteiger partial charge in [-0.1, -0.05) is 19.3 Å². The van der Waals surface area contributed by atoms with Gasteiger partial charge in [-0.3, -0.25) is 4.68 Å². The van der Waals surface area contributed by atoms with E-state index in [2.05, 4.69) is 26.2 Å². The molecule has 1 saturated carbocycles. The summed E-state index contributed by atoms with van der Waals surface area (Å²) in [6.45, 7) is 0. The normalized spacial score (nSPS) is 16.6. The van der Waals surface area contributed by atoms with Crippen LogP contribution in [0.4, 0.5) is 8.78 Å². The van der Waals surface area contributed by atoms with Gasteiger partial charge in [0.2, 0.25) is 6.43 Å². The fourth-order valence-corrected chi connectivity index (χ4v) is 4.32. The molecule has 1 N–H and O–H groups in total. The van der Waals surface area contributed by atoms with Crippen LogP contribution in [-0.2, 0) is 0 Å². The van der Waals surface area contributed by atoms with Crippen molar-refractivity contribution in [3.63, 3.8) is 0 Å². The summed E-state index contributed by atoms with van der Waals surface area (Å²) in [6.07, 6.45) is 12.3. The molecule has 1 aliphatic rings. The molecule has 27 heavy (non-hydrogen) atoms. The number of H-pyrrole nitrogens is 1. The lowest BCUT2D eigenvalue weighted by atomic mass is 9.93. The molecule has 0 amide bonds. The molecule has 0 spiro atoms. The quantitative estimate of drug-likeness (QED) is 0.539. The molecule has 144 valence electrons. The third-order valence-electron chi connectivity index (χ3n) is 5.68. The molecule has 0 bridgehead atoms. The Labute approximate surface area is 157 Å². The first kappa shape index (κ1) is 18.1. The van der Waals surface area contributed by atoms with Gasteiger partial charge in [-0.05, 0) is 37.7 Å². The summed E-state index contributed by atoms with van der Waals surface area (Å²) >= 11 is 0. The number of halogens is 2. The van der Waals surface area contributed by atoms with Gasteiger partial charge in [0.05, 0.1) is 17.9 Å². The number of aromatic amines is 1. The molecule has 0 radical (unpaired) electrons. The van der Waals surface area contributed by atoms with Crippen LogP contribution in [0.15, 0.2) is 31.0 Å². The molecule has 3 aromatic heterocycles. The first-order valence-electron chi connectivity index (χ1n) is 9.83. The molecule has 0 saturated heterocycles. The van der Waals surface area contributed by atoms with E-state index in [4.69, 9.17) is 0 Å². The average Bonchev–Trinajstić information content (AvgIpc) is 3.42. The number of fused-ring (bicyclic) bond motifs is 1. The highest BCUT2D eigenvalue weighted by molar-refractivity contribution is 5.89.